The molecule has 0 radical (unpaired) electrons. The highest BCUT2D eigenvalue weighted by Gasteiger charge is 2.27. The average Bonchev–Trinajstić information content (AvgIpc) is 3.96. The molecule has 1 aliphatic rings. The minimum atomic E-state index is 0.0153. The third-order valence-corrected chi connectivity index (χ3v) is 15.2. The summed E-state index contributed by atoms with van der Waals surface area (Å²) in [6.45, 7) is 2.33. The fraction of sp³-hybridized carbons (Fsp3) is 0.0448. The predicted octanol–water partition coefficient (Wildman–Crippen LogP) is 17.9. The number of aromatic nitrogens is 1. The SMILES string of the molecule is CC1C/C=C(c2c(-n3c4cc5ccccc5cc4c4c5ccccc5ccc43)ccc3oc4ccccc4c23)/N=C(c2cc3ccccc3c3ccccc23)\N=C/1c1cc2ccccc2c2ccccc12. The van der Waals surface area contributed by atoms with E-state index in [9.17, 15) is 0 Å². The standard InChI is InChI=1S/C67H43N3O/c1-40-30-32-57(68-67(55-38-45-20-6-8-22-47(45)50-25-11-13-27-52(50)55)69-66(40)54-37-44-19-5-7-21-46(44)49-24-10-12-26-51(49)54)65-59(34-35-62-64(65)53-28-14-15-29-61(53)71-62)70-58-33-31-41-16-4-9-23-48(41)63(58)56-36-42-17-2-3-18-43(42)39-60(56)70/h2-29,31-40H,30H2,1H3/b57-32+,68-67-,69-66+. The van der Waals surface area contributed by atoms with Crippen LogP contribution < -0.4 is 0 Å². The van der Waals surface area contributed by atoms with Gasteiger partial charge in [0, 0.05) is 44.2 Å². The molecule has 3 heterocycles. The van der Waals surface area contributed by atoms with Crippen molar-refractivity contribution < 1.29 is 4.42 Å². The normalized spacial score (nSPS) is 16.8. The molecular formula is C67H43N3O. The van der Waals surface area contributed by atoms with Gasteiger partial charge in [-0.1, -0.05) is 183 Å². The van der Waals surface area contributed by atoms with Crippen LogP contribution in [0.4, 0.5) is 0 Å². The van der Waals surface area contributed by atoms with Crippen LogP contribution in [-0.2, 0) is 0 Å². The molecule has 12 aromatic carbocycles. The Morgan fingerprint density at radius 3 is 1.69 bits per heavy atom. The summed E-state index contributed by atoms with van der Waals surface area (Å²) in [6, 6.07) is 79.2. The number of benzene rings is 12. The monoisotopic (exact) mass is 905 g/mol. The summed E-state index contributed by atoms with van der Waals surface area (Å²) in [5, 5.41) is 18.8. The molecule has 71 heavy (non-hydrogen) atoms. The highest BCUT2D eigenvalue weighted by molar-refractivity contribution is 6.28. The molecule has 0 amide bonds. The molecule has 0 saturated carbocycles. The number of furan rings is 1. The first-order valence-corrected chi connectivity index (χ1v) is 24.6. The highest BCUT2D eigenvalue weighted by Crippen LogP contribution is 2.45. The lowest BCUT2D eigenvalue weighted by Crippen LogP contribution is -2.18. The molecule has 0 fully saturated rings. The Balaban J connectivity index is 1.09. The number of hydrogen-bond acceptors (Lipinski definition) is 3. The zero-order chi connectivity index (χ0) is 46.7. The Hall–Kier alpha value is -9.12. The summed E-state index contributed by atoms with van der Waals surface area (Å²) < 4.78 is 9.27. The van der Waals surface area contributed by atoms with Crippen molar-refractivity contribution in [3.8, 4) is 5.69 Å². The van der Waals surface area contributed by atoms with Gasteiger partial charge in [-0.15, -0.1) is 0 Å². The fourth-order valence-electron chi connectivity index (χ4n) is 11.9. The van der Waals surface area contributed by atoms with Gasteiger partial charge in [-0.05, 0) is 120 Å². The summed E-state index contributed by atoms with van der Waals surface area (Å²) in [6.07, 6.45) is 3.09. The molecular weight excluding hydrogens is 863 g/mol. The quantitative estimate of drug-likeness (QED) is 0.162. The van der Waals surface area contributed by atoms with E-state index in [1.807, 2.05) is 0 Å². The van der Waals surface area contributed by atoms with Crippen LogP contribution in [0.1, 0.15) is 30.0 Å². The van der Waals surface area contributed by atoms with Crippen molar-refractivity contribution in [1.82, 2.24) is 4.57 Å². The largest absolute Gasteiger partial charge is 0.456 e. The molecule has 0 N–H and O–H groups in total. The molecule has 0 spiro atoms. The van der Waals surface area contributed by atoms with Crippen LogP contribution in [0.2, 0.25) is 0 Å². The molecule has 1 aliphatic heterocycles. The summed E-state index contributed by atoms with van der Waals surface area (Å²) >= 11 is 0. The van der Waals surface area contributed by atoms with Gasteiger partial charge >= 0.3 is 0 Å². The Labute approximate surface area is 408 Å². The van der Waals surface area contributed by atoms with E-state index < -0.39 is 0 Å². The molecule has 2 aromatic heterocycles. The molecule has 0 aliphatic carbocycles. The van der Waals surface area contributed by atoms with E-state index >= 15 is 0 Å². The summed E-state index contributed by atoms with van der Waals surface area (Å²) in [5.74, 6) is 0.688. The maximum Gasteiger partial charge on any atom is 0.160 e. The van der Waals surface area contributed by atoms with Gasteiger partial charge in [-0.2, -0.15) is 0 Å². The van der Waals surface area contributed by atoms with Gasteiger partial charge < -0.3 is 8.98 Å². The highest BCUT2D eigenvalue weighted by atomic mass is 16.3. The van der Waals surface area contributed by atoms with Crippen LogP contribution in [-0.4, -0.2) is 16.1 Å². The van der Waals surface area contributed by atoms with Gasteiger partial charge in [0.1, 0.15) is 11.2 Å². The maximum atomic E-state index is 6.78. The number of nitrogens with zero attached hydrogens (tertiary/aromatic N) is 3. The number of para-hydroxylation sites is 1. The van der Waals surface area contributed by atoms with Gasteiger partial charge in [-0.25, -0.2) is 9.98 Å². The molecule has 1 unspecified atom stereocenters. The van der Waals surface area contributed by atoms with E-state index in [0.29, 0.717) is 12.3 Å². The van der Waals surface area contributed by atoms with Crippen LogP contribution >= 0.6 is 0 Å². The molecule has 0 saturated heterocycles. The van der Waals surface area contributed by atoms with Crippen LogP contribution in [0, 0.1) is 5.92 Å². The van der Waals surface area contributed by atoms with Crippen molar-refractivity contribution in [3.05, 3.63) is 241 Å². The zero-order valence-electron chi connectivity index (χ0n) is 38.9. The van der Waals surface area contributed by atoms with E-state index in [1.165, 1.54) is 64.6 Å². The molecule has 4 nitrogen and oxygen atoms in total. The second-order valence-corrected chi connectivity index (χ2v) is 19.2. The number of aliphatic imine (C=N–C) groups is 2. The van der Waals surface area contributed by atoms with Gasteiger partial charge in [0.05, 0.1) is 28.1 Å². The second kappa shape index (κ2) is 15.4. The van der Waals surface area contributed by atoms with Crippen LogP contribution in [0.5, 0.6) is 0 Å². The Kier molecular flexibility index (Phi) is 8.67. The molecule has 332 valence electrons. The Bertz CT molecular complexity index is 4700. The topological polar surface area (TPSA) is 42.8 Å². The summed E-state index contributed by atoms with van der Waals surface area (Å²) in [5.41, 5.74) is 9.97. The first-order chi connectivity index (χ1) is 35.1. The lowest BCUT2D eigenvalue weighted by molar-refractivity contribution is 0.669. The average molecular weight is 906 g/mol. The van der Waals surface area contributed by atoms with Crippen molar-refractivity contribution in [2.75, 3.05) is 0 Å². The zero-order valence-corrected chi connectivity index (χ0v) is 38.9. The number of fused-ring (bicyclic) bond motifs is 15. The van der Waals surface area contributed by atoms with Crippen molar-refractivity contribution in [1.29, 1.82) is 0 Å². The number of allylic oxidation sites excluding steroid dienone is 1. The van der Waals surface area contributed by atoms with E-state index in [4.69, 9.17) is 14.4 Å². The first kappa shape index (κ1) is 39.8. The third-order valence-electron chi connectivity index (χ3n) is 15.2. The molecule has 14 aromatic rings. The number of rotatable bonds is 4. The molecule has 4 heteroatoms. The molecule has 1 atom stereocenters. The van der Waals surface area contributed by atoms with Gasteiger partial charge in [0.25, 0.3) is 0 Å². The van der Waals surface area contributed by atoms with Gasteiger partial charge in [0.15, 0.2) is 5.84 Å². The second-order valence-electron chi connectivity index (χ2n) is 19.2. The van der Waals surface area contributed by atoms with Crippen molar-refractivity contribution in [2.24, 2.45) is 15.9 Å². The maximum absolute atomic E-state index is 6.78. The Morgan fingerprint density at radius 1 is 0.408 bits per heavy atom. The minimum absolute atomic E-state index is 0.0153. The van der Waals surface area contributed by atoms with E-state index in [-0.39, 0.29) is 5.92 Å². The van der Waals surface area contributed by atoms with E-state index in [2.05, 4.69) is 236 Å². The van der Waals surface area contributed by atoms with Gasteiger partial charge in [0.2, 0.25) is 0 Å². The van der Waals surface area contributed by atoms with Gasteiger partial charge in [-0.3, -0.25) is 0 Å². The lowest BCUT2D eigenvalue weighted by atomic mass is 9.88. The molecule has 15 rings (SSSR count). The number of amidine groups is 1. The van der Waals surface area contributed by atoms with E-state index in [1.54, 1.807) is 0 Å². The lowest BCUT2D eigenvalue weighted by Gasteiger charge is -2.22. The van der Waals surface area contributed by atoms with Crippen molar-refractivity contribution in [3.63, 3.8) is 0 Å². The molecule has 0 bridgehead atoms. The third kappa shape index (κ3) is 6.04. The smallest absolute Gasteiger partial charge is 0.160 e. The minimum Gasteiger partial charge on any atom is -0.456 e. The van der Waals surface area contributed by atoms with E-state index in [0.717, 1.165) is 77.5 Å². The summed E-state index contributed by atoms with van der Waals surface area (Å²) in [4.78, 5) is 11.9. The Morgan fingerprint density at radius 2 is 0.972 bits per heavy atom. The summed E-state index contributed by atoms with van der Waals surface area (Å²) in [7, 11) is 0. The van der Waals surface area contributed by atoms with Crippen LogP contribution in [0.3, 0.4) is 0 Å². The van der Waals surface area contributed by atoms with Crippen LogP contribution in [0.15, 0.2) is 239 Å². The van der Waals surface area contributed by atoms with Crippen molar-refractivity contribution >= 4 is 126 Å². The first-order valence-electron chi connectivity index (χ1n) is 24.6. The van der Waals surface area contributed by atoms with Crippen molar-refractivity contribution in [2.45, 2.75) is 13.3 Å². The van der Waals surface area contributed by atoms with Crippen LogP contribution in [0.25, 0.3) is 120 Å². The predicted molar refractivity (Wildman–Crippen MR) is 301 cm³/mol. The fourth-order valence-corrected chi connectivity index (χ4v) is 11.9. The number of hydrogen-bond donors (Lipinski definition) is 0.